The fourth-order valence-electron chi connectivity index (χ4n) is 4.01. The van der Waals surface area contributed by atoms with Crippen LogP contribution in [0.1, 0.15) is 46.4 Å². The van der Waals surface area contributed by atoms with E-state index in [0.717, 1.165) is 18.4 Å². The van der Waals surface area contributed by atoms with Crippen molar-refractivity contribution in [3.05, 3.63) is 80.9 Å². The minimum Gasteiger partial charge on any atom is -0.331 e. The molecule has 27 heavy (non-hydrogen) atoms. The monoisotopic (exact) mass is 364 g/mol. The minimum absolute atomic E-state index is 0.0508. The van der Waals surface area contributed by atoms with Crippen molar-refractivity contribution in [2.45, 2.75) is 32.7 Å². The van der Waals surface area contributed by atoms with Gasteiger partial charge in [-0.2, -0.15) is 0 Å². The molecule has 0 aliphatic carbocycles. The summed E-state index contributed by atoms with van der Waals surface area (Å²) in [7, 11) is 0. The first-order valence-electron chi connectivity index (χ1n) is 9.21. The maximum absolute atomic E-state index is 13.4. The molecular weight excluding hydrogens is 343 g/mol. The van der Waals surface area contributed by atoms with Gasteiger partial charge in [-0.05, 0) is 60.5 Å². The van der Waals surface area contributed by atoms with Crippen LogP contribution in [0.3, 0.4) is 0 Å². The van der Waals surface area contributed by atoms with Crippen molar-refractivity contribution in [3.8, 4) is 0 Å². The number of benzene rings is 2. The maximum atomic E-state index is 13.4. The zero-order valence-corrected chi connectivity index (χ0v) is 15.4. The number of nitrogens with zero attached hydrogens (tertiary/aromatic N) is 1. The van der Waals surface area contributed by atoms with Crippen LogP contribution in [0.25, 0.3) is 10.9 Å². The number of rotatable bonds is 2. The molecule has 4 rings (SSSR count). The van der Waals surface area contributed by atoms with Crippen molar-refractivity contribution in [1.82, 2.24) is 9.88 Å². The fourth-order valence-corrected chi connectivity index (χ4v) is 4.01. The predicted octanol–water partition coefficient (Wildman–Crippen LogP) is 4.13. The van der Waals surface area contributed by atoms with Gasteiger partial charge in [-0.15, -0.1) is 0 Å². The first kappa shape index (κ1) is 17.5. The Balaban J connectivity index is 1.75. The van der Waals surface area contributed by atoms with Gasteiger partial charge >= 0.3 is 0 Å². The number of H-pyrrole nitrogens is 1. The third-order valence-corrected chi connectivity index (χ3v) is 5.34. The smallest absolute Gasteiger partial charge is 0.261 e. The molecule has 0 saturated carbocycles. The highest BCUT2D eigenvalue weighted by Gasteiger charge is 2.31. The van der Waals surface area contributed by atoms with Crippen molar-refractivity contribution in [3.63, 3.8) is 0 Å². The third-order valence-electron chi connectivity index (χ3n) is 5.34. The van der Waals surface area contributed by atoms with E-state index < -0.39 is 11.4 Å². The topological polar surface area (TPSA) is 53.2 Å². The lowest BCUT2D eigenvalue weighted by Gasteiger charge is -2.37. The van der Waals surface area contributed by atoms with Crippen molar-refractivity contribution >= 4 is 16.8 Å². The van der Waals surface area contributed by atoms with Crippen LogP contribution in [0.2, 0.25) is 0 Å². The zero-order valence-electron chi connectivity index (χ0n) is 15.4. The molecule has 1 aliphatic rings. The summed E-state index contributed by atoms with van der Waals surface area (Å²) in [5.41, 5.74) is 3.64. The molecule has 4 nitrogen and oxygen atoms in total. The molecule has 1 amide bonds. The first-order valence-corrected chi connectivity index (χ1v) is 9.21. The standard InChI is InChI=1S/C22H21FN2O2/c1-3-20-17-7-4-13(2)10-14(17)8-9-25(20)22(27)18-11-15-5-6-16(23)12-19(15)24-21(18)26/h4-7,10-12,20H,3,8-9H2,1-2H3,(H,24,26). The molecule has 0 saturated heterocycles. The maximum Gasteiger partial charge on any atom is 0.261 e. The Kier molecular flexibility index (Phi) is 4.30. The first-order chi connectivity index (χ1) is 13.0. The summed E-state index contributed by atoms with van der Waals surface area (Å²) in [5.74, 6) is -0.702. The van der Waals surface area contributed by atoms with Gasteiger partial charge < -0.3 is 9.88 Å². The third kappa shape index (κ3) is 3.03. The molecule has 5 heteroatoms. The van der Waals surface area contributed by atoms with Crippen LogP contribution in [0.5, 0.6) is 0 Å². The number of amides is 1. The molecule has 0 spiro atoms. The normalized spacial score (nSPS) is 16.4. The number of hydrogen-bond acceptors (Lipinski definition) is 2. The van der Waals surface area contributed by atoms with E-state index in [1.54, 1.807) is 17.0 Å². The number of hydrogen-bond donors (Lipinski definition) is 1. The van der Waals surface area contributed by atoms with Crippen LogP contribution >= 0.6 is 0 Å². The molecule has 0 fully saturated rings. The number of nitrogens with one attached hydrogen (secondary N) is 1. The highest BCUT2D eigenvalue weighted by atomic mass is 19.1. The van der Waals surface area contributed by atoms with Gasteiger partial charge in [0.05, 0.1) is 11.6 Å². The van der Waals surface area contributed by atoms with Crippen LogP contribution in [-0.2, 0) is 6.42 Å². The average Bonchev–Trinajstić information content (AvgIpc) is 2.65. The van der Waals surface area contributed by atoms with Gasteiger partial charge in [0.15, 0.2) is 0 Å². The summed E-state index contributed by atoms with van der Waals surface area (Å²) in [6.07, 6.45) is 1.55. The molecule has 1 unspecified atom stereocenters. The van der Waals surface area contributed by atoms with E-state index in [1.165, 1.54) is 23.3 Å². The molecule has 1 aliphatic heterocycles. The quantitative estimate of drug-likeness (QED) is 0.743. The van der Waals surface area contributed by atoms with Gasteiger partial charge in [0, 0.05) is 6.54 Å². The fraction of sp³-hybridized carbons (Fsp3) is 0.273. The average molecular weight is 364 g/mol. The summed E-state index contributed by atoms with van der Waals surface area (Å²) >= 11 is 0. The largest absolute Gasteiger partial charge is 0.331 e. The Morgan fingerprint density at radius 3 is 2.81 bits per heavy atom. The van der Waals surface area contributed by atoms with Gasteiger partial charge in [0.2, 0.25) is 0 Å². The number of pyridine rings is 1. The van der Waals surface area contributed by atoms with E-state index >= 15 is 0 Å². The summed E-state index contributed by atoms with van der Waals surface area (Å²) < 4.78 is 13.4. The van der Waals surface area contributed by atoms with Crippen LogP contribution in [0.15, 0.2) is 47.3 Å². The highest BCUT2D eigenvalue weighted by Crippen LogP contribution is 2.33. The van der Waals surface area contributed by atoms with Crippen molar-refractivity contribution < 1.29 is 9.18 Å². The Morgan fingerprint density at radius 1 is 1.22 bits per heavy atom. The number of aromatic nitrogens is 1. The van der Waals surface area contributed by atoms with E-state index in [2.05, 4.69) is 30.1 Å². The van der Waals surface area contributed by atoms with Crippen molar-refractivity contribution in [2.24, 2.45) is 0 Å². The van der Waals surface area contributed by atoms with Crippen LogP contribution in [-0.4, -0.2) is 22.3 Å². The number of carbonyl (C=O) groups excluding carboxylic acids is 1. The molecular formula is C22H21FN2O2. The van der Waals surface area contributed by atoms with E-state index in [4.69, 9.17) is 0 Å². The van der Waals surface area contributed by atoms with E-state index in [-0.39, 0.29) is 17.5 Å². The van der Waals surface area contributed by atoms with E-state index in [0.29, 0.717) is 17.4 Å². The van der Waals surface area contributed by atoms with Crippen LogP contribution < -0.4 is 5.56 Å². The molecule has 0 bridgehead atoms. The molecule has 2 heterocycles. The Labute approximate surface area is 156 Å². The number of aromatic amines is 1. The predicted molar refractivity (Wildman–Crippen MR) is 103 cm³/mol. The highest BCUT2D eigenvalue weighted by molar-refractivity contribution is 5.97. The minimum atomic E-state index is -0.484. The van der Waals surface area contributed by atoms with Crippen LogP contribution in [0, 0.1) is 12.7 Å². The van der Waals surface area contributed by atoms with Gasteiger partial charge in [0.1, 0.15) is 11.4 Å². The van der Waals surface area contributed by atoms with Gasteiger partial charge in [-0.3, -0.25) is 9.59 Å². The Hall–Kier alpha value is -2.95. The molecule has 1 N–H and O–H groups in total. The molecule has 1 aromatic heterocycles. The second-order valence-corrected chi connectivity index (χ2v) is 7.12. The van der Waals surface area contributed by atoms with Crippen LogP contribution in [0.4, 0.5) is 4.39 Å². The molecule has 0 radical (unpaired) electrons. The van der Waals surface area contributed by atoms with Gasteiger partial charge in [0.25, 0.3) is 11.5 Å². The van der Waals surface area contributed by atoms with Gasteiger partial charge in [-0.25, -0.2) is 4.39 Å². The number of carbonyl (C=O) groups is 1. The zero-order chi connectivity index (χ0) is 19.1. The lowest BCUT2D eigenvalue weighted by atomic mass is 9.89. The Morgan fingerprint density at radius 2 is 2.04 bits per heavy atom. The Bertz CT molecular complexity index is 1100. The number of halogens is 1. The molecule has 1 atom stereocenters. The summed E-state index contributed by atoms with van der Waals surface area (Å²) in [4.78, 5) is 30.1. The summed E-state index contributed by atoms with van der Waals surface area (Å²) in [5, 5.41) is 0.639. The lowest BCUT2D eigenvalue weighted by molar-refractivity contribution is 0.0654. The molecule has 2 aromatic carbocycles. The lowest BCUT2D eigenvalue weighted by Crippen LogP contribution is -2.41. The van der Waals surface area contributed by atoms with E-state index in [9.17, 15) is 14.0 Å². The van der Waals surface area contributed by atoms with Crippen molar-refractivity contribution in [2.75, 3.05) is 6.54 Å². The number of aryl methyl sites for hydroxylation is 1. The van der Waals surface area contributed by atoms with Gasteiger partial charge in [-0.1, -0.05) is 30.7 Å². The second-order valence-electron chi connectivity index (χ2n) is 7.12. The number of fused-ring (bicyclic) bond motifs is 2. The summed E-state index contributed by atoms with van der Waals surface area (Å²) in [6.45, 7) is 4.69. The van der Waals surface area contributed by atoms with E-state index in [1.807, 2.05) is 6.92 Å². The van der Waals surface area contributed by atoms with Crippen molar-refractivity contribution in [1.29, 1.82) is 0 Å². The molecule has 3 aromatic rings. The summed E-state index contributed by atoms with van der Waals surface area (Å²) in [6, 6.07) is 12.0. The second kappa shape index (κ2) is 6.65. The molecule has 138 valence electrons. The SMILES string of the molecule is CCC1c2ccc(C)cc2CCN1C(=O)c1cc2ccc(F)cc2[nH]c1=O.